The number of nitrogens with one attached hydrogen (secondary N) is 1. The summed E-state index contributed by atoms with van der Waals surface area (Å²) in [7, 11) is 2.03. The maximum atomic E-state index is 9.35. The molecule has 2 heterocycles. The van der Waals surface area contributed by atoms with Crippen LogP contribution in [0.2, 0.25) is 0 Å². The van der Waals surface area contributed by atoms with Gasteiger partial charge in [0.15, 0.2) is 0 Å². The molecule has 3 heteroatoms. The Kier molecular flexibility index (Phi) is 2.49. The zero-order valence-electron chi connectivity index (χ0n) is 10.6. The van der Waals surface area contributed by atoms with E-state index in [9.17, 15) is 5.11 Å². The van der Waals surface area contributed by atoms with E-state index >= 15 is 0 Å². The highest BCUT2D eigenvalue weighted by atomic mass is 16.3. The van der Waals surface area contributed by atoms with E-state index < -0.39 is 0 Å². The highest BCUT2D eigenvalue weighted by Gasteiger charge is 2.13. The quantitative estimate of drug-likeness (QED) is 0.710. The Hall–Kier alpha value is -2.00. The lowest BCUT2D eigenvalue weighted by Crippen LogP contribution is -1.94. The number of rotatable bonds is 2. The van der Waals surface area contributed by atoms with Crippen molar-refractivity contribution in [1.29, 1.82) is 0 Å². The molecule has 3 nitrogen and oxygen atoms in total. The molecular weight excluding hydrogens is 224 g/mol. The van der Waals surface area contributed by atoms with Crippen molar-refractivity contribution in [3.8, 4) is 11.3 Å². The monoisotopic (exact) mass is 240 g/mol. The Labute approximate surface area is 106 Å². The van der Waals surface area contributed by atoms with Crippen LogP contribution >= 0.6 is 0 Å². The summed E-state index contributed by atoms with van der Waals surface area (Å²) in [5.41, 5.74) is 5.54. The van der Waals surface area contributed by atoms with Gasteiger partial charge >= 0.3 is 0 Å². The molecule has 3 aromatic rings. The lowest BCUT2D eigenvalue weighted by atomic mass is 10.1. The van der Waals surface area contributed by atoms with Gasteiger partial charge in [0.25, 0.3) is 0 Å². The molecule has 0 unspecified atom stereocenters. The highest BCUT2D eigenvalue weighted by molar-refractivity contribution is 5.94. The van der Waals surface area contributed by atoms with Crippen LogP contribution in [0.25, 0.3) is 22.2 Å². The Bertz CT molecular complexity index is 706. The molecule has 0 aliphatic carbocycles. The molecule has 0 amide bonds. The standard InChI is InChI=1S/C15H16N2O/c1-10-11(9-18)7-15(17(10)2)13-8-16-14-6-4-3-5-12(13)14/h3-8,16,18H,9H2,1-2H3. The largest absolute Gasteiger partial charge is 0.392 e. The minimum absolute atomic E-state index is 0.0853. The Morgan fingerprint density at radius 2 is 2.06 bits per heavy atom. The van der Waals surface area contributed by atoms with Gasteiger partial charge in [0, 0.05) is 35.4 Å². The summed E-state index contributed by atoms with van der Waals surface area (Å²) in [5, 5.41) is 10.6. The van der Waals surface area contributed by atoms with E-state index in [2.05, 4.69) is 27.8 Å². The summed E-state index contributed by atoms with van der Waals surface area (Å²) in [6.07, 6.45) is 2.03. The Morgan fingerprint density at radius 3 is 2.78 bits per heavy atom. The number of nitrogens with zero attached hydrogens (tertiary/aromatic N) is 1. The highest BCUT2D eigenvalue weighted by Crippen LogP contribution is 2.31. The van der Waals surface area contributed by atoms with E-state index in [0.717, 1.165) is 22.5 Å². The molecule has 0 saturated heterocycles. The SMILES string of the molecule is Cc1c(CO)cc(-c2c[nH]c3ccccc23)n1C. The third-order valence-electron chi connectivity index (χ3n) is 3.68. The summed E-state index contributed by atoms with van der Waals surface area (Å²) in [6, 6.07) is 10.3. The molecule has 2 N–H and O–H groups in total. The van der Waals surface area contributed by atoms with Crippen molar-refractivity contribution >= 4 is 10.9 Å². The van der Waals surface area contributed by atoms with E-state index in [1.54, 1.807) is 0 Å². The fourth-order valence-corrected chi connectivity index (χ4v) is 2.46. The first kappa shape index (κ1) is 11.1. The average molecular weight is 240 g/mol. The van der Waals surface area contributed by atoms with E-state index in [1.165, 1.54) is 10.9 Å². The topological polar surface area (TPSA) is 40.9 Å². The average Bonchev–Trinajstić information content (AvgIpc) is 2.93. The van der Waals surface area contributed by atoms with Crippen LogP contribution in [0.5, 0.6) is 0 Å². The third kappa shape index (κ3) is 1.48. The summed E-state index contributed by atoms with van der Waals surface area (Å²) < 4.78 is 2.13. The van der Waals surface area contributed by atoms with E-state index in [1.807, 2.05) is 32.3 Å². The van der Waals surface area contributed by atoms with Crippen molar-refractivity contribution in [2.45, 2.75) is 13.5 Å². The minimum atomic E-state index is 0.0853. The number of benzene rings is 1. The number of aliphatic hydroxyl groups is 1. The Morgan fingerprint density at radius 1 is 1.28 bits per heavy atom. The van der Waals surface area contributed by atoms with Gasteiger partial charge in [-0.2, -0.15) is 0 Å². The van der Waals surface area contributed by atoms with Gasteiger partial charge < -0.3 is 14.7 Å². The Balaban J connectivity index is 2.26. The van der Waals surface area contributed by atoms with Gasteiger partial charge in [-0.25, -0.2) is 0 Å². The number of aromatic nitrogens is 2. The van der Waals surface area contributed by atoms with Crippen LogP contribution in [0.15, 0.2) is 36.5 Å². The molecule has 0 bridgehead atoms. The lowest BCUT2D eigenvalue weighted by Gasteiger charge is -2.04. The van der Waals surface area contributed by atoms with Crippen molar-refractivity contribution in [3.63, 3.8) is 0 Å². The summed E-state index contributed by atoms with van der Waals surface area (Å²) in [6.45, 7) is 2.12. The van der Waals surface area contributed by atoms with Gasteiger partial charge in [0.05, 0.1) is 12.3 Å². The maximum absolute atomic E-state index is 9.35. The summed E-state index contributed by atoms with van der Waals surface area (Å²) >= 11 is 0. The zero-order chi connectivity index (χ0) is 12.7. The maximum Gasteiger partial charge on any atom is 0.0699 e. The van der Waals surface area contributed by atoms with E-state index in [-0.39, 0.29) is 6.61 Å². The second-order valence-corrected chi connectivity index (χ2v) is 4.61. The normalized spacial score (nSPS) is 11.3. The molecule has 0 fully saturated rings. The van der Waals surface area contributed by atoms with Gasteiger partial charge in [-0.3, -0.25) is 0 Å². The first-order valence-electron chi connectivity index (χ1n) is 6.05. The molecule has 3 rings (SSSR count). The fourth-order valence-electron chi connectivity index (χ4n) is 2.46. The van der Waals surface area contributed by atoms with Crippen molar-refractivity contribution in [2.24, 2.45) is 7.05 Å². The molecule has 0 aliphatic rings. The van der Waals surface area contributed by atoms with Gasteiger partial charge in [-0.15, -0.1) is 0 Å². The predicted molar refractivity (Wildman–Crippen MR) is 73.4 cm³/mol. The summed E-state index contributed by atoms with van der Waals surface area (Å²) in [4.78, 5) is 3.28. The van der Waals surface area contributed by atoms with Gasteiger partial charge in [0.2, 0.25) is 0 Å². The number of aromatic amines is 1. The van der Waals surface area contributed by atoms with Crippen LogP contribution < -0.4 is 0 Å². The van der Waals surface area contributed by atoms with Crippen molar-refractivity contribution in [3.05, 3.63) is 47.8 Å². The lowest BCUT2D eigenvalue weighted by molar-refractivity contribution is 0.281. The molecule has 0 aliphatic heterocycles. The molecule has 0 saturated carbocycles. The van der Waals surface area contributed by atoms with Crippen LogP contribution in [0.4, 0.5) is 0 Å². The van der Waals surface area contributed by atoms with Crippen LogP contribution in [0.1, 0.15) is 11.3 Å². The summed E-state index contributed by atoms with van der Waals surface area (Å²) in [5.74, 6) is 0. The number of hydrogen-bond acceptors (Lipinski definition) is 1. The van der Waals surface area contributed by atoms with Crippen LogP contribution in [-0.2, 0) is 13.7 Å². The molecular formula is C15H16N2O. The number of aliphatic hydroxyl groups excluding tert-OH is 1. The van der Waals surface area contributed by atoms with Crippen molar-refractivity contribution in [2.75, 3.05) is 0 Å². The number of fused-ring (bicyclic) bond motifs is 1. The van der Waals surface area contributed by atoms with Crippen LogP contribution in [-0.4, -0.2) is 14.7 Å². The smallest absolute Gasteiger partial charge is 0.0699 e. The van der Waals surface area contributed by atoms with Crippen LogP contribution in [0, 0.1) is 6.92 Å². The fraction of sp³-hybridized carbons (Fsp3) is 0.200. The third-order valence-corrected chi connectivity index (χ3v) is 3.68. The number of H-pyrrole nitrogens is 1. The van der Waals surface area contributed by atoms with Gasteiger partial charge in [-0.1, -0.05) is 18.2 Å². The molecule has 0 radical (unpaired) electrons. The number of para-hydroxylation sites is 1. The molecule has 92 valence electrons. The van der Waals surface area contributed by atoms with Gasteiger partial charge in [0.1, 0.15) is 0 Å². The van der Waals surface area contributed by atoms with E-state index in [4.69, 9.17) is 0 Å². The molecule has 1 aromatic carbocycles. The van der Waals surface area contributed by atoms with Gasteiger partial charge in [-0.05, 0) is 24.6 Å². The zero-order valence-corrected chi connectivity index (χ0v) is 10.6. The second-order valence-electron chi connectivity index (χ2n) is 4.61. The molecule has 0 spiro atoms. The molecule has 2 aromatic heterocycles. The van der Waals surface area contributed by atoms with Crippen molar-refractivity contribution in [1.82, 2.24) is 9.55 Å². The predicted octanol–water partition coefficient (Wildman–Crippen LogP) is 2.97. The minimum Gasteiger partial charge on any atom is -0.392 e. The first-order valence-corrected chi connectivity index (χ1v) is 6.05. The van der Waals surface area contributed by atoms with Crippen molar-refractivity contribution < 1.29 is 5.11 Å². The molecule has 18 heavy (non-hydrogen) atoms. The second kappa shape index (κ2) is 4.03. The van der Waals surface area contributed by atoms with Crippen LogP contribution in [0.3, 0.4) is 0 Å². The molecule has 0 atom stereocenters. The first-order chi connectivity index (χ1) is 8.72. The number of hydrogen-bond donors (Lipinski definition) is 2. The van der Waals surface area contributed by atoms with E-state index in [0.29, 0.717) is 0 Å².